The Morgan fingerprint density at radius 2 is 2.05 bits per heavy atom. The lowest BCUT2D eigenvalue weighted by molar-refractivity contribution is 0.112. The highest BCUT2D eigenvalue weighted by Crippen LogP contribution is 2.44. The lowest BCUT2D eigenvalue weighted by Gasteiger charge is -2.33. The van der Waals surface area contributed by atoms with Crippen molar-refractivity contribution < 1.29 is 14.3 Å². The topological polar surface area (TPSA) is 35.5 Å². The normalized spacial score (nSPS) is 16.0. The summed E-state index contributed by atoms with van der Waals surface area (Å²) in [5.41, 5.74) is 2.46. The molecule has 2 rings (SSSR count). The zero-order valence-electron chi connectivity index (χ0n) is 13.5. The first-order valence-corrected chi connectivity index (χ1v) is 7.53. The number of benzene rings is 1. The van der Waals surface area contributed by atoms with E-state index in [4.69, 9.17) is 9.47 Å². The van der Waals surface area contributed by atoms with Gasteiger partial charge in [-0.3, -0.25) is 4.79 Å². The molecule has 1 aromatic rings. The maximum atomic E-state index is 11.2. The molecular formula is C18H24O3. The van der Waals surface area contributed by atoms with Crippen molar-refractivity contribution in [2.24, 2.45) is 5.92 Å². The summed E-state index contributed by atoms with van der Waals surface area (Å²) in [4.78, 5) is 11.2. The fraction of sp³-hybridized carbons (Fsp3) is 0.500. The fourth-order valence-electron chi connectivity index (χ4n) is 2.70. The van der Waals surface area contributed by atoms with E-state index in [1.165, 1.54) is 5.57 Å². The average molecular weight is 288 g/mol. The van der Waals surface area contributed by atoms with Gasteiger partial charge in [-0.2, -0.15) is 0 Å². The molecule has 114 valence electrons. The standard InChI is InChI=1S/C18H24O3/c1-6-20-16-9-13(11-19)8-15-14(7-12(2)3)10-18(4,5)21-17(15)16/h8-12H,6-7H2,1-5H3. The van der Waals surface area contributed by atoms with E-state index in [2.05, 4.69) is 19.9 Å². The quantitative estimate of drug-likeness (QED) is 0.748. The van der Waals surface area contributed by atoms with E-state index >= 15 is 0 Å². The van der Waals surface area contributed by atoms with Crippen LogP contribution in [0.5, 0.6) is 11.5 Å². The van der Waals surface area contributed by atoms with Gasteiger partial charge in [0, 0.05) is 11.1 Å². The number of hydrogen-bond acceptors (Lipinski definition) is 3. The highest BCUT2D eigenvalue weighted by Gasteiger charge is 2.29. The van der Waals surface area contributed by atoms with Crippen LogP contribution in [0.25, 0.3) is 5.57 Å². The third-order valence-corrected chi connectivity index (χ3v) is 3.37. The second-order valence-corrected chi connectivity index (χ2v) is 6.42. The molecule has 1 aliphatic rings. The minimum Gasteiger partial charge on any atom is -0.490 e. The molecule has 0 aromatic heterocycles. The van der Waals surface area contributed by atoms with E-state index in [9.17, 15) is 4.79 Å². The summed E-state index contributed by atoms with van der Waals surface area (Å²) in [5.74, 6) is 1.94. The number of carbonyl (C=O) groups excluding carboxylic acids is 1. The first kappa shape index (κ1) is 15.6. The van der Waals surface area contributed by atoms with Crippen molar-refractivity contribution in [3.63, 3.8) is 0 Å². The number of fused-ring (bicyclic) bond motifs is 1. The zero-order chi connectivity index (χ0) is 15.6. The summed E-state index contributed by atoms with van der Waals surface area (Å²) in [6.07, 6.45) is 3.96. The molecule has 1 heterocycles. The van der Waals surface area contributed by atoms with E-state index in [1.807, 2.05) is 26.8 Å². The Morgan fingerprint density at radius 1 is 1.33 bits per heavy atom. The number of aldehydes is 1. The van der Waals surface area contributed by atoms with E-state index in [1.54, 1.807) is 6.07 Å². The molecule has 0 atom stereocenters. The molecule has 0 aliphatic carbocycles. The van der Waals surface area contributed by atoms with Crippen LogP contribution in [0, 0.1) is 5.92 Å². The van der Waals surface area contributed by atoms with Crippen LogP contribution in [0.15, 0.2) is 18.2 Å². The highest BCUT2D eigenvalue weighted by atomic mass is 16.5. The van der Waals surface area contributed by atoms with Crippen LogP contribution in [0.1, 0.15) is 57.0 Å². The summed E-state index contributed by atoms with van der Waals surface area (Å²) in [6, 6.07) is 3.65. The van der Waals surface area contributed by atoms with Crippen molar-refractivity contribution in [3.05, 3.63) is 29.3 Å². The second kappa shape index (κ2) is 5.92. The van der Waals surface area contributed by atoms with Crippen LogP contribution in [0.2, 0.25) is 0 Å². The molecule has 0 unspecified atom stereocenters. The number of carbonyl (C=O) groups is 1. The lowest BCUT2D eigenvalue weighted by atomic mass is 9.88. The summed E-state index contributed by atoms with van der Waals surface area (Å²) in [5, 5.41) is 0. The van der Waals surface area contributed by atoms with Crippen LogP contribution in [-0.4, -0.2) is 18.5 Å². The number of allylic oxidation sites excluding steroid dienone is 1. The molecule has 0 spiro atoms. The van der Waals surface area contributed by atoms with Crippen molar-refractivity contribution in [3.8, 4) is 11.5 Å². The van der Waals surface area contributed by atoms with Gasteiger partial charge in [-0.1, -0.05) is 13.8 Å². The van der Waals surface area contributed by atoms with Crippen LogP contribution >= 0.6 is 0 Å². The van der Waals surface area contributed by atoms with E-state index in [-0.39, 0.29) is 5.60 Å². The first-order chi connectivity index (χ1) is 9.86. The smallest absolute Gasteiger partial charge is 0.169 e. The summed E-state index contributed by atoms with van der Waals surface area (Å²) >= 11 is 0. The van der Waals surface area contributed by atoms with Gasteiger partial charge in [-0.05, 0) is 56.9 Å². The molecule has 0 amide bonds. The third-order valence-electron chi connectivity index (χ3n) is 3.37. The Kier molecular flexibility index (Phi) is 4.40. The Bertz CT molecular complexity index is 568. The van der Waals surface area contributed by atoms with Crippen LogP contribution in [0.4, 0.5) is 0 Å². The van der Waals surface area contributed by atoms with Gasteiger partial charge in [0.2, 0.25) is 0 Å². The van der Waals surface area contributed by atoms with Gasteiger partial charge >= 0.3 is 0 Å². The molecule has 1 aliphatic heterocycles. The van der Waals surface area contributed by atoms with E-state index < -0.39 is 0 Å². The molecule has 3 nitrogen and oxygen atoms in total. The molecule has 0 radical (unpaired) electrons. The van der Waals surface area contributed by atoms with Crippen molar-refractivity contribution in [2.45, 2.75) is 46.6 Å². The van der Waals surface area contributed by atoms with Crippen molar-refractivity contribution in [1.29, 1.82) is 0 Å². The van der Waals surface area contributed by atoms with Gasteiger partial charge in [0.05, 0.1) is 6.61 Å². The molecular weight excluding hydrogens is 264 g/mol. The Labute approximate surface area is 127 Å². The largest absolute Gasteiger partial charge is 0.490 e. The number of rotatable bonds is 5. The summed E-state index contributed by atoms with van der Waals surface area (Å²) < 4.78 is 11.8. The predicted octanol–water partition coefficient (Wildman–Crippen LogP) is 4.50. The fourth-order valence-corrected chi connectivity index (χ4v) is 2.70. The second-order valence-electron chi connectivity index (χ2n) is 6.42. The maximum Gasteiger partial charge on any atom is 0.169 e. The summed E-state index contributed by atoms with van der Waals surface area (Å²) in [6.45, 7) is 10.9. The molecule has 0 fully saturated rings. The van der Waals surface area contributed by atoms with E-state index in [0.29, 0.717) is 23.8 Å². The van der Waals surface area contributed by atoms with Gasteiger partial charge in [0.1, 0.15) is 11.9 Å². The van der Waals surface area contributed by atoms with Crippen LogP contribution < -0.4 is 9.47 Å². The van der Waals surface area contributed by atoms with E-state index in [0.717, 1.165) is 24.0 Å². The molecule has 3 heteroatoms. The van der Waals surface area contributed by atoms with Crippen LogP contribution in [-0.2, 0) is 0 Å². The molecule has 0 bridgehead atoms. The highest BCUT2D eigenvalue weighted by molar-refractivity contribution is 5.84. The lowest BCUT2D eigenvalue weighted by Crippen LogP contribution is -2.29. The third kappa shape index (κ3) is 3.46. The molecule has 0 N–H and O–H groups in total. The Morgan fingerprint density at radius 3 is 2.62 bits per heavy atom. The van der Waals surface area contributed by atoms with Gasteiger partial charge < -0.3 is 9.47 Å². The monoisotopic (exact) mass is 288 g/mol. The van der Waals surface area contributed by atoms with Crippen molar-refractivity contribution in [1.82, 2.24) is 0 Å². The van der Waals surface area contributed by atoms with Gasteiger partial charge in [-0.15, -0.1) is 0 Å². The SMILES string of the molecule is CCOc1cc(C=O)cc2c1OC(C)(C)C=C2CC(C)C. The van der Waals surface area contributed by atoms with Gasteiger partial charge in [0.25, 0.3) is 0 Å². The molecule has 1 aromatic carbocycles. The summed E-state index contributed by atoms with van der Waals surface area (Å²) in [7, 11) is 0. The molecule has 0 saturated heterocycles. The molecule has 21 heavy (non-hydrogen) atoms. The zero-order valence-corrected chi connectivity index (χ0v) is 13.5. The minimum atomic E-state index is -0.369. The molecule has 0 saturated carbocycles. The van der Waals surface area contributed by atoms with Crippen LogP contribution in [0.3, 0.4) is 0 Å². The first-order valence-electron chi connectivity index (χ1n) is 7.53. The van der Waals surface area contributed by atoms with Crippen molar-refractivity contribution >= 4 is 11.9 Å². The number of ether oxygens (including phenoxy) is 2. The Balaban J connectivity index is 2.60. The van der Waals surface area contributed by atoms with Crippen molar-refractivity contribution in [2.75, 3.05) is 6.61 Å². The minimum absolute atomic E-state index is 0.369. The Hall–Kier alpha value is -1.77. The van der Waals surface area contributed by atoms with Gasteiger partial charge in [-0.25, -0.2) is 0 Å². The van der Waals surface area contributed by atoms with Gasteiger partial charge in [0.15, 0.2) is 11.5 Å². The maximum absolute atomic E-state index is 11.2. The predicted molar refractivity (Wildman–Crippen MR) is 85.1 cm³/mol. The average Bonchev–Trinajstić information content (AvgIpc) is 2.38. The number of hydrogen-bond donors (Lipinski definition) is 0.